The van der Waals surface area contributed by atoms with Gasteiger partial charge in [-0.05, 0) is 37.1 Å². The molecule has 2 aromatic rings. The third kappa shape index (κ3) is 3.65. The molecule has 0 unspecified atom stereocenters. The van der Waals surface area contributed by atoms with Crippen LogP contribution in [0.3, 0.4) is 0 Å². The van der Waals surface area contributed by atoms with Crippen molar-refractivity contribution in [1.82, 2.24) is 4.98 Å². The highest BCUT2D eigenvalue weighted by molar-refractivity contribution is 6.36. The molecule has 0 radical (unpaired) electrons. The van der Waals surface area contributed by atoms with E-state index in [9.17, 15) is 4.79 Å². The average Bonchev–Trinajstić information content (AvgIpc) is 3.26. The van der Waals surface area contributed by atoms with Gasteiger partial charge >= 0.3 is 0 Å². The van der Waals surface area contributed by atoms with Gasteiger partial charge in [-0.2, -0.15) is 0 Å². The molecule has 3 rings (SSSR count). The minimum Gasteiger partial charge on any atom is -0.381 e. The van der Waals surface area contributed by atoms with Crippen LogP contribution in [-0.2, 0) is 0 Å². The summed E-state index contributed by atoms with van der Waals surface area (Å²) in [5.74, 6) is -0.258. The van der Waals surface area contributed by atoms with Gasteiger partial charge in [0, 0.05) is 23.5 Å². The number of benzene rings is 1. The van der Waals surface area contributed by atoms with Gasteiger partial charge in [0.15, 0.2) is 0 Å². The topological polar surface area (TPSA) is 54.0 Å². The fourth-order valence-corrected chi connectivity index (χ4v) is 2.35. The first-order valence-electron chi connectivity index (χ1n) is 6.60. The standard InChI is InChI=1S/C15H13Cl2N3O/c16-10-1-4-14(13(17)6-10)20-15(21)9-5-12(8-18-7-9)19-11-2-3-11/h1,4-8,11,19H,2-3H2,(H,20,21). The number of amides is 1. The van der Waals surface area contributed by atoms with Crippen molar-refractivity contribution in [3.8, 4) is 0 Å². The van der Waals surface area contributed by atoms with E-state index in [0.29, 0.717) is 27.3 Å². The maximum absolute atomic E-state index is 12.2. The van der Waals surface area contributed by atoms with Gasteiger partial charge in [-0.3, -0.25) is 9.78 Å². The van der Waals surface area contributed by atoms with Crippen LogP contribution in [0.5, 0.6) is 0 Å². The summed E-state index contributed by atoms with van der Waals surface area (Å²) in [4.78, 5) is 16.3. The Hall–Kier alpha value is -1.78. The Morgan fingerprint density at radius 1 is 1.19 bits per heavy atom. The van der Waals surface area contributed by atoms with Crippen LogP contribution in [0.1, 0.15) is 23.2 Å². The molecule has 1 aliphatic rings. The molecule has 2 N–H and O–H groups in total. The molecule has 0 atom stereocenters. The highest BCUT2D eigenvalue weighted by Gasteiger charge is 2.21. The molecule has 1 aromatic carbocycles. The van der Waals surface area contributed by atoms with E-state index in [-0.39, 0.29) is 5.91 Å². The van der Waals surface area contributed by atoms with Crippen LogP contribution < -0.4 is 10.6 Å². The van der Waals surface area contributed by atoms with Gasteiger partial charge in [-0.1, -0.05) is 23.2 Å². The minimum atomic E-state index is -0.258. The number of nitrogens with zero attached hydrogens (tertiary/aromatic N) is 1. The van der Waals surface area contributed by atoms with E-state index in [1.165, 1.54) is 6.20 Å². The lowest BCUT2D eigenvalue weighted by molar-refractivity contribution is 0.102. The number of halogens is 2. The molecular weight excluding hydrogens is 309 g/mol. The molecule has 1 fully saturated rings. The first kappa shape index (κ1) is 14.2. The van der Waals surface area contributed by atoms with Crippen molar-refractivity contribution in [2.75, 3.05) is 10.6 Å². The number of hydrogen-bond acceptors (Lipinski definition) is 3. The largest absolute Gasteiger partial charge is 0.381 e. The van der Waals surface area contributed by atoms with Crippen LogP contribution in [0.4, 0.5) is 11.4 Å². The van der Waals surface area contributed by atoms with Crippen LogP contribution in [0.2, 0.25) is 10.0 Å². The Labute approximate surface area is 132 Å². The van der Waals surface area contributed by atoms with Crippen molar-refractivity contribution in [1.29, 1.82) is 0 Å². The molecule has 1 aromatic heterocycles. The van der Waals surface area contributed by atoms with Crippen molar-refractivity contribution < 1.29 is 4.79 Å². The van der Waals surface area contributed by atoms with Crippen molar-refractivity contribution in [3.05, 3.63) is 52.3 Å². The molecule has 0 spiro atoms. The van der Waals surface area contributed by atoms with E-state index in [0.717, 1.165) is 18.5 Å². The molecule has 21 heavy (non-hydrogen) atoms. The van der Waals surface area contributed by atoms with E-state index < -0.39 is 0 Å². The predicted molar refractivity (Wildman–Crippen MR) is 85.3 cm³/mol. The molecule has 6 heteroatoms. The lowest BCUT2D eigenvalue weighted by Gasteiger charge is -2.09. The van der Waals surface area contributed by atoms with Crippen LogP contribution in [0.15, 0.2) is 36.7 Å². The van der Waals surface area contributed by atoms with E-state index in [1.807, 2.05) is 0 Å². The first-order chi connectivity index (χ1) is 10.1. The summed E-state index contributed by atoms with van der Waals surface area (Å²) >= 11 is 11.9. The lowest BCUT2D eigenvalue weighted by Crippen LogP contribution is -2.13. The smallest absolute Gasteiger partial charge is 0.257 e. The molecule has 1 amide bonds. The van der Waals surface area contributed by atoms with Crippen LogP contribution >= 0.6 is 23.2 Å². The fourth-order valence-electron chi connectivity index (χ4n) is 1.89. The van der Waals surface area contributed by atoms with Crippen LogP contribution in [0, 0.1) is 0 Å². The van der Waals surface area contributed by atoms with E-state index in [1.54, 1.807) is 30.5 Å². The quantitative estimate of drug-likeness (QED) is 0.886. The Morgan fingerprint density at radius 2 is 2.00 bits per heavy atom. The molecule has 0 aliphatic heterocycles. The zero-order chi connectivity index (χ0) is 14.8. The maximum atomic E-state index is 12.2. The van der Waals surface area contributed by atoms with Crippen molar-refractivity contribution >= 4 is 40.5 Å². The summed E-state index contributed by atoms with van der Waals surface area (Å²) in [6, 6.07) is 7.22. The second-order valence-electron chi connectivity index (χ2n) is 4.96. The number of anilines is 2. The molecular formula is C15H13Cl2N3O. The predicted octanol–water partition coefficient (Wildman–Crippen LogP) is 4.22. The van der Waals surface area contributed by atoms with Crippen molar-refractivity contribution in [3.63, 3.8) is 0 Å². The number of nitrogens with one attached hydrogen (secondary N) is 2. The SMILES string of the molecule is O=C(Nc1ccc(Cl)cc1Cl)c1cncc(NC2CC2)c1. The zero-order valence-electron chi connectivity index (χ0n) is 11.1. The van der Waals surface area contributed by atoms with Gasteiger partial charge in [0.25, 0.3) is 5.91 Å². The highest BCUT2D eigenvalue weighted by atomic mass is 35.5. The van der Waals surface area contributed by atoms with Crippen molar-refractivity contribution in [2.45, 2.75) is 18.9 Å². The molecule has 0 bridgehead atoms. The maximum Gasteiger partial charge on any atom is 0.257 e. The number of hydrogen-bond donors (Lipinski definition) is 2. The van der Waals surface area contributed by atoms with Crippen LogP contribution in [-0.4, -0.2) is 16.9 Å². The third-order valence-corrected chi connectivity index (χ3v) is 3.68. The average molecular weight is 322 g/mol. The summed E-state index contributed by atoms with van der Waals surface area (Å²) in [5.41, 5.74) is 1.85. The number of aromatic nitrogens is 1. The van der Waals surface area contributed by atoms with Crippen molar-refractivity contribution in [2.24, 2.45) is 0 Å². The van der Waals surface area contributed by atoms with Crippen LogP contribution in [0.25, 0.3) is 0 Å². The van der Waals surface area contributed by atoms with Gasteiger partial charge < -0.3 is 10.6 Å². The van der Waals surface area contributed by atoms with Gasteiger partial charge in [-0.15, -0.1) is 0 Å². The second kappa shape index (κ2) is 5.92. The van der Waals surface area contributed by atoms with Gasteiger partial charge in [0.05, 0.1) is 22.0 Å². The number of rotatable bonds is 4. The number of carbonyl (C=O) groups excluding carboxylic acids is 1. The van der Waals surface area contributed by atoms with E-state index in [2.05, 4.69) is 15.6 Å². The summed E-state index contributed by atoms with van der Waals surface area (Å²) in [6.07, 6.45) is 5.56. The summed E-state index contributed by atoms with van der Waals surface area (Å²) in [6.45, 7) is 0. The zero-order valence-corrected chi connectivity index (χ0v) is 12.6. The summed E-state index contributed by atoms with van der Waals surface area (Å²) in [7, 11) is 0. The normalized spacial score (nSPS) is 13.8. The molecule has 4 nitrogen and oxygen atoms in total. The lowest BCUT2D eigenvalue weighted by atomic mass is 10.2. The Balaban J connectivity index is 1.75. The third-order valence-electron chi connectivity index (χ3n) is 3.13. The summed E-state index contributed by atoms with van der Waals surface area (Å²) < 4.78 is 0. The molecule has 1 heterocycles. The monoisotopic (exact) mass is 321 g/mol. The first-order valence-corrected chi connectivity index (χ1v) is 7.35. The Bertz CT molecular complexity index is 686. The summed E-state index contributed by atoms with van der Waals surface area (Å²) in [5, 5.41) is 6.98. The van der Waals surface area contributed by atoms with Gasteiger partial charge in [0.2, 0.25) is 0 Å². The Kier molecular flexibility index (Phi) is 3.99. The number of pyridine rings is 1. The van der Waals surface area contributed by atoms with Gasteiger partial charge in [-0.25, -0.2) is 0 Å². The van der Waals surface area contributed by atoms with E-state index in [4.69, 9.17) is 23.2 Å². The Morgan fingerprint density at radius 3 is 2.71 bits per heavy atom. The molecule has 0 saturated heterocycles. The number of carbonyl (C=O) groups is 1. The molecule has 1 saturated carbocycles. The van der Waals surface area contributed by atoms with Gasteiger partial charge in [0.1, 0.15) is 0 Å². The molecule has 108 valence electrons. The minimum absolute atomic E-state index is 0.258. The molecule has 1 aliphatic carbocycles. The van der Waals surface area contributed by atoms with E-state index >= 15 is 0 Å². The fraction of sp³-hybridized carbons (Fsp3) is 0.200. The second-order valence-corrected chi connectivity index (χ2v) is 5.80. The highest BCUT2D eigenvalue weighted by Crippen LogP contribution is 2.27.